The smallest absolute Gasteiger partial charge is 0.307 e. The minimum absolute atomic E-state index is 0. The molecule has 0 aliphatic carbocycles. The molecule has 0 heterocycles. The zero-order valence-electron chi connectivity index (χ0n) is 18.3. The van der Waals surface area contributed by atoms with Crippen molar-refractivity contribution in [2.75, 3.05) is 0 Å². The molecule has 0 spiro atoms. The molecule has 0 fully saturated rings. The topological polar surface area (TPSA) is 51.2 Å². The number of benzene rings is 2. The van der Waals surface area contributed by atoms with Crippen LogP contribution in [0, 0.1) is 13.8 Å². The summed E-state index contributed by atoms with van der Waals surface area (Å²) >= 11 is 0. The lowest BCUT2D eigenvalue weighted by Gasteiger charge is -2.05. The molecule has 0 unspecified atom stereocenters. The highest BCUT2D eigenvalue weighted by Gasteiger charge is 2.29. The molecular weight excluding hydrogens is 393 g/mol. The Morgan fingerprint density at radius 3 is 1.90 bits per heavy atom. The van der Waals surface area contributed by atoms with Crippen LogP contribution in [-0.4, -0.2) is 19.4 Å². The first-order valence-corrected chi connectivity index (χ1v) is 9.06. The van der Waals surface area contributed by atoms with Gasteiger partial charge in [0.2, 0.25) is 0 Å². The molecule has 0 atom stereocenters. The van der Waals surface area contributed by atoms with Gasteiger partial charge in [-0.1, -0.05) is 68.5 Å². The summed E-state index contributed by atoms with van der Waals surface area (Å²) in [4.78, 5) is 26.9. The number of hydrogen-bond donors (Lipinski definition) is 0. The number of Topliss-reactive ketones (excluding diaryl/α,β-unsaturated/α-hetero) is 1. The Kier molecular flexibility index (Phi) is 19.0. The number of carbonyl (C=O) groups is 3. The van der Waals surface area contributed by atoms with E-state index in [0.29, 0.717) is 12.0 Å². The van der Waals surface area contributed by atoms with Crippen LogP contribution in [0.15, 0.2) is 49.0 Å². The molecule has 0 amide bonds. The third-order valence-electron chi connectivity index (χ3n) is 3.36. The highest BCUT2D eigenvalue weighted by molar-refractivity contribution is 5.78. The first kappa shape index (κ1) is 31.7. The lowest BCUT2D eigenvalue weighted by Crippen LogP contribution is -2.04. The molecule has 0 aromatic heterocycles. The van der Waals surface area contributed by atoms with E-state index in [0.717, 1.165) is 23.3 Å². The zero-order valence-corrected chi connectivity index (χ0v) is 18.3. The van der Waals surface area contributed by atoms with E-state index in [1.807, 2.05) is 58.6 Å². The summed E-state index contributed by atoms with van der Waals surface area (Å²) in [6, 6.07) is 11.3. The Labute approximate surface area is 179 Å². The number of halogens is 3. The molecule has 0 radical (unpaired) electrons. The average Bonchev–Trinajstić information content (AvgIpc) is 2.73. The summed E-state index contributed by atoms with van der Waals surface area (Å²) in [5, 5.41) is 0. The highest BCUT2D eigenvalue weighted by atomic mass is 19.4. The molecule has 0 bridgehead atoms. The molecule has 0 N–H and O–H groups in total. The Hall–Kier alpha value is -3.02. The van der Waals surface area contributed by atoms with Crippen LogP contribution in [0.25, 0.3) is 6.08 Å². The molecule has 0 aliphatic rings. The number of carbonyl (C=O) groups excluding carboxylic acids is 3. The Balaban J connectivity index is -0.000000186. The van der Waals surface area contributed by atoms with Crippen molar-refractivity contribution in [1.29, 1.82) is 0 Å². The maximum atomic E-state index is 12.0. The summed E-state index contributed by atoms with van der Waals surface area (Å²) in [5.74, 6) is 0.193. The fraction of sp³-hybridized carbons (Fsp3) is 0.292. The number of hydrogen-bond acceptors (Lipinski definition) is 3. The van der Waals surface area contributed by atoms with E-state index < -0.39 is 11.7 Å². The van der Waals surface area contributed by atoms with E-state index >= 15 is 0 Å². The minimum atomic E-state index is -4.22. The van der Waals surface area contributed by atoms with Gasteiger partial charge in [-0.15, -0.1) is 0 Å². The van der Waals surface area contributed by atoms with Gasteiger partial charge in [0.15, 0.2) is 0 Å². The van der Waals surface area contributed by atoms with Gasteiger partial charge in [-0.05, 0) is 43.5 Å². The van der Waals surface area contributed by atoms with Crippen LogP contribution in [0.3, 0.4) is 0 Å². The Bertz CT molecular complexity index is 758. The second-order valence-corrected chi connectivity index (χ2v) is 5.64. The van der Waals surface area contributed by atoms with Crippen LogP contribution in [0.2, 0.25) is 0 Å². The van der Waals surface area contributed by atoms with Crippen molar-refractivity contribution in [3.05, 3.63) is 76.9 Å². The molecule has 0 saturated carbocycles. The van der Waals surface area contributed by atoms with Crippen molar-refractivity contribution in [3.8, 4) is 0 Å². The van der Waals surface area contributed by atoms with Gasteiger partial charge in [0, 0.05) is 7.85 Å². The number of ketones is 1. The molecule has 2 rings (SSSR count). The van der Waals surface area contributed by atoms with Gasteiger partial charge < -0.3 is 9.59 Å². The number of alkyl halides is 3. The van der Waals surface area contributed by atoms with Crippen LogP contribution in [-0.2, 0) is 27.0 Å². The number of aryl methyl sites for hydroxylation is 2. The molecule has 168 valence electrons. The molecular formula is C24H33F3O3. The maximum absolute atomic E-state index is 12.0. The summed E-state index contributed by atoms with van der Waals surface area (Å²) < 4.78 is 35.9. The van der Waals surface area contributed by atoms with Crippen molar-refractivity contribution < 1.29 is 29.0 Å². The Morgan fingerprint density at radius 2 is 1.53 bits per heavy atom. The first-order valence-electron chi connectivity index (χ1n) is 9.06. The van der Waals surface area contributed by atoms with Crippen molar-refractivity contribution in [3.63, 3.8) is 0 Å². The monoisotopic (exact) mass is 426 g/mol. The lowest BCUT2D eigenvalue weighted by molar-refractivity contribution is -0.137. The first-order chi connectivity index (χ1) is 14.1. The van der Waals surface area contributed by atoms with Crippen molar-refractivity contribution in [2.45, 2.75) is 47.2 Å². The average molecular weight is 427 g/mol. The van der Waals surface area contributed by atoms with E-state index in [4.69, 9.17) is 9.59 Å². The van der Waals surface area contributed by atoms with Gasteiger partial charge in [-0.25, -0.2) is 0 Å². The number of rotatable bonds is 3. The summed E-state index contributed by atoms with van der Waals surface area (Å²) in [7, 11) is 0. The quantitative estimate of drug-likeness (QED) is 0.550. The zero-order chi connectivity index (χ0) is 24.3. The van der Waals surface area contributed by atoms with E-state index in [-0.39, 0.29) is 7.21 Å². The molecule has 3 nitrogen and oxygen atoms in total. The fourth-order valence-electron chi connectivity index (χ4n) is 2.13. The molecule has 30 heavy (non-hydrogen) atoms. The van der Waals surface area contributed by atoms with Crippen LogP contribution in [0.5, 0.6) is 0 Å². The van der Waals surface area contributed by atoms with Gasteiger partial charge in [-0.3, -0.25) is 4.79 Å². The van der Waals surface area contributed by atoms with Gasteiger partial charge in [0.05, 0.1) is 5.56 Å². The molecule has 0 aliphatic heterocycles. The van der Waals surface area contributed by atoms with E-state index in [1.165, 1.54) is 11.6 Å². The van der Waals surface area contributed by atoms with Crippen molar-refractivity contribution in [2.24, 2.45) is 0 Å². The molecule has 0 saturated heterocycles. The maximum Gasteiger partial charge on any atom is 0.416 e. The molecule has 6 heteroatoms. The van der Waals surface area contributed by atoms with Crippen LogP contribution in [0.4, 0.5) is 13.2 Å². The van der Waals surface area contributed by atoms with Crippen LogP contribution in [0.1, 0.15) is 50.0 Å². The minimum Gasteiger partial charge on any atom is -0.307 e. The summed E-state index contributed by atoms with van der Waals surface area (Å²) in [6.45, 7) is 17.0. The predicted molar refractivity (Wildman–Crippen MR) is 120 cm³/mol. The normalized spacial score (nSPS) is 8.93. The third kappa shape index (κ3) is 14.0. The highest BCUT2D eigenvalue weighted by Crippen LogP contribution is 2.29. The van der Waals surface area contributed by atoms with Crippen LogP contribution >= 0.6 is 0 Å². The third-order valence-corrected chi connectivity index (χ3v) is 3.36. The second kappa shape index (κ2) is 18.0. The van der Waals surface area contributed by atoms with Gasteiger partial charge >= 0.3 is 6.18 Å². The standard InChI is InChI=1S/C12H14O.C8H7F3.C2H6.2CH2O.H2/c1-4-12-8-11(7-10(3)13)6-5-9(12)2;1-6-3-2-4-7(5-6)8(9,10)11;3*1-2;/h4-6,8H,1,7H2,2-3H3;2-5H,1H3;1-2H3;2*1H2;1H. The largest absolute Gasteiger partial charge is 0.416 e. The van der Waals surface area contributed by atoms with E-state index in [2.05, 4.69) is 6.58 Å². The summed E-state index contributed by atoms with van der Waals surface area (Å²) in [5.41, 5.74) is 3.41. The van der Waals surface area contributed by atoms with E-state index in [1.54, 1.807) is 19.9 Å². The second-order valence-electron chi connectivity index (χ2n) is 5.64. The SMILES string of the molecule is C=Cc1cc(CC(C)=O)ccc1C.C=O.C=O.CC.Cc1cccc(C(F)(F)F)c1.[HH]. The predicted octanol–water partition coefficient (Wildman–Crippen LogP) is 6.69. The van der Waals surface area contributed by atoms with E-state index in [9.17, 15) is 18.0 Å². The Morgan fingerprint density at radius 1 is 1.00 bits per heavy atom. The lowest BCUT2D eigenvalue weighted by atomic mass is 10.0. The summed E-state index contributed by atoms with van der Waals surface area (Å²) in [6.07, 6.45) is -1.88. The molecule has 2 aromatic rings. The van der Waals surface area contributed by atoms with Gasteiger partial charge in [-0.2, -0.15) is 13.2 Å². The van der Waals surface area contributed by atoms with Crippen molar-refractivity contribution in [1.82, 2.24) is 0 Å². The van der Waals surface area contributed by atoms with Crippen molar-refractivity contribution >= 4 is 25.4 Å². The molecule has 2 aromatic carbocycles. The van der Waals surface area contributed by atoms with Gasteiger partial charge in [0.25, 0.3) is 0 Å². The van der Waals surface area contributed by atoms with Crippen LogP contribution < -0.4 is 0 Å². The fourth-order valence-corrected chi connectivity index (χ4v) is 2.13. The van der Waals surface area contributed by atoms with Gasteiger partial charge in [0.1, 0.15) is 19.4 Å².